The number of amides is 1. The Balaban J connectivity index is 1.35. The number of aromatic amines is 1. The Labute approximate surface area is 167 Å². The summed E-state index contributed by atoms with van der Waals surface area (Å²) in [6, 6.07) is 17.2. The summed E-state index contributed by atoms with van der Waals surface area (Å²) in [6.07, 6.45) is 5.01. The number of hydrogen-bond acceptors (Lipinski definition) is 4. The molecule has 0 atom stereocenters. The summed E-state index contributed by atoms with van der Waals surface area (Å²) in [5, 5.41) is 20.3. The Morgan fingerprint density at radius 2 is 1.79 bits per heavy atom. The van der Waals surface area contributed by atoms with Gasteiger partial charge in [0.05, 0.1) is 11.3 Å². The number of hydrogen-bond donors (Lipinski definition) is 2. The second kappa shape index (κ2) is 8.10. The first-order valence-corrected chi connectivity index (χ1v) is 9.43. The van der Waals surface area contributed by atoms with Crippen LogP contribution in [-0.2, 0) is 11.2 Å². The van der Waals surface area contributed by atoms with Crippen LogP contribution in [0.4, 0.5) is 5.82 Å². The summed E-state index contributed by atoms with van der Waals surface area (Å²) in [6.45, 7) is 0. The van der Waals surface area contributed by atoms with Crippen molar-refractivity contribution in [2.24, 2.45) is 0 Å². The molecule has 1 saturated carbocycles. The number of nitro groups is 1. The van der Waals surface area contributed by atoms with Crippen molar-refractivity contribution >= 4 is 17.8 Å². The summed E-state index contributed by atoms with van der Waals surface area (Å²) < 4.78 is 0. The number of nitrogens with one attached hydrogen (secondary N) is 2. The number of rotatable bonds is 7. The lowest BCUT2D eigenvalue weighted by atomic mass is 10.0. The van der Waals surface area contributed by atoms with Gasteiger partial charge in [-0.25, -0.2) is 0 Å². The molecule has 7 heteroatoms. The van der Waals surface area contributed by atoms with Gasteiger partial charge in [-0.15, -0.1) is 0 Å². The Morgan fingerprint density at radius 1 is 1.14 bits per heavy atom. The van der Waals surface area contributed by atoms with E-state index in [1.165, 1.54) is 18.9 Å². The first-order valence-electron chi connectivity index (χ1n) is 9.43. The molecule has 146 valence electrons. The molecular formula is C22H20N4O3. The SMILES string of the molecule is O=C(Cc1ccc(-c2ccc(C=C[N+](=O)[O-])cc2)cc1)Nc1cc(C2CC2)[nH]n1. The molecule has 2 aromatic carbocycles. The van der Waals surface area contributed by atoms with E-state index in [2.05, 4.69) is 15.5 Å². The molecule has 7 nitrogen and oxygen atoms in total. The average Bonchev–Trinajstić information content (AvgIpc) is 3.47. The van der Waals surface area contributed by atoms with Gasteiger partial charge in [0.2, 0.25) is 12.1 Å². The van der Waals surface area contributed by atoms with Crippen molar-refractivity contribution in [2.45, 2.75) is 25.2 Å². The lowest BCUT2D eigenvalue weighted by Crippen LogP contribution is -2.14. The van der Waals surface area contributed by atoms with Gasteiger partial charge >= 0.3 is 0 Å². The predicted octanol–water partition coefficient (Wildman–Crippen LogP) is 4.38. The summed E-state index contributed by atoms with van der Waals surface area (Å²) in [4.78, 5) is 22.2. The number of anilines is 1. The van der Waals surface area contributed by atoms with Crippen molar-refractivity contribution in [3.05, 3.63) is 87.7 Å². The molecule has 1 aliphatic carbocycles. The molecule has 0 unspecified atom stereocenters. The highest BCUT2D eigenvalue weighted by atomic mass is 16.6. The normalized spacial score (nSPS) is 13.5. The lowest BCUT2D eigenvalue weighted by Gasteiger charge is -2.05. The van der Waals surface area contributed by atoms with Crippen molar-refractivity contribution in [3.8, 4) is 11.1 Å². The van der Waals surface area contributed by atoms with E-state index in [1.54, 1.807) is 0 Å². The number of nitrogens with zero attached hydrogens (tertiary/aromatic N) is 2. The summed E-state index contributed by atoms with van der Waals surface area (Å²) >= 11 is 0. The largest absolute Gasteiger partial charge is 0.309 e. The molecule has 0 bridgehead atoms. The molecule has 4 rings (SSSR count). The molecule has 1 fully saturated rings. The second-order valence-electron chi connectivity index (χ2n) is 7.13. The van der Waals surface area contributed by atoms with Crippen molar-refractivity contribution in [2.75, 3.05) is 5.32 Å². The van der Waals surface area contributed by atoms with Gasteiger partial charge in [-0.2, -0.15) is 5.10 Å². The molecule has 0 saturated heterocycles. The Bertz CT molecular complexity index is 1050. The molecule has 1 amide bonds. The molecule has 1 aliphatic rings. The Morgan fingerprint density at radius 3 is 2.41 bits per heavy atom. The molecule has 3 aromatic rings. The number of carbonyl (C=O) groups is 1. The van der Waals surface area contributed by atoms with Crippen molar-refractivity contribution in [3.63, 3.8) is 0 Å². The summed E-state index contributed by atoms with van der Waals surface area (Å²) in [5.41, 5.74) is 4.78. The fourth-order valence-electron chi connectivity index (χ4n) is 3.13. The standard InChI is InChI=1S/C22H20N4O3/c27-22(23-21-14-20(24-25-21)19-9-10-19)13-16-3-7-18(8-4-16)17-5-1-15(2-6-17)11-12-26(28)29/h1-8,11-12,14,19H,9-10,13H2,(H2,23,24,25,27). The van der Waals surface area contributed by atoms with Crippen LogP contribution in [-0.4, -0.2) is 21.0 Å². The van der Waals surface area contributed by atoms with Gasteiger partial charge in [-0.1, -0.05) is 48.5 Å². The first kappa shape index (κ1) is 18.6. The van der Waals surface area contributed by atoms with Gasteiger partial charge in [-0.05, 0) is 35.1 Å². The molecule has 2 N–H and O–H groups in total. The summed E-state index contributed by atoms with van der Waals surface area (Å²) in [7, 11) is 0. The van der Waals surface area contributed by atoms with E-state index >= 15 is 0 Å². The number of carbonyl (C=O) groups excluding carboxylic acids is 1. The highest BCUT2D eigenvalue weighted by Crippen LogP contribution is 2.39. The van der Waals surface area contributed by atoms with Crippen molar-refractivity contribution < 1.29 is 9.72 Å². The van der Waals surface area contributed by atoms with Crippen LogP contribution in [0.2, 0.25) is 0 Å². The van der Waals surface area contributed by atoms with Crippen LogP contribution in [0, 0.1) is 10.1 Å². The smallest absolute Gasteiger partial charge is 0.235 e. The van der Waals surface area contributed by atoms with Crippen LogP contribution >= 0.6 is 0 Å². The van der Waals surface area contributed by atoms with Crippen LogP contribution in [0.3, 0.4) is 0 Å². The molecule has 0 spiro atoms. The zero-order valence-electron chi connectivity index (χ0n) is 15.7. The van der Waals surface area contributed by atoms with E-state index in [0.717, 1.165) is 34.1 Å². The van der Waals surface area contributed by atoms with E-state index in [1.807, 2.05) is 54.6 Å². The first-order chi connectivity index (χ1) is 14.1. The van der Waals surface area contributed by atoms with E-state index in [9.17, 15) is 14.9 Å². The van der Waals surface area contributed by atoms with Gasteiger partial charge in [0.15, 0.2) is 5.82 Å². The fraction of sp³-hybridized carbons (Fsp3) is 0.182. The zero-order valence-corrected chi connectivity index (χ0v) is 15.7. The molecule has 29 heavy (non-hydrogen) atoms. The third-order valence-electron chi connectivity index (χ3n) is 4.83. The van der Waals surface area contributed by atoms with E-state index in [0.29, 0.717) is 11.7 Å². The minimum absolute atomic E-state index is 0.103. The van der Waals surface area contributed by atoms with Gasteiger partial charge in [0.25, 0.3) is 0 Å². The van der Waals surface area contributed by atoms with Crippen LogP contribution in [0.25, 0.3) is 17.2 Å². The Hall–Kier alpha value is -3.74. The number of H-pyrrole nitrogens is 1. The average molecular weight is 388 g/mol. The van der Waals surface area contributed by atoms with Gasteiger partial charge in [-0.3, -0.25) is 20.0 Å². The molecule has 1 heterocycles. The lowest BCUT2D eigenvalue weighted by molar-refractivity contribution is -0.400. The van der Waals surface area contributed by atoms with Gasteiger partial charge in [0.1, 0.15) is 0 Å². The van der Waals surface area contributed by atoms with Crippen LogP contribution < -0.4 is 5.32 Å². The van der Waals surface area contributed by atoms with Crippen molar-refractivity contribution in [1.82, 2.24) is 10.2 Å². The molecule has 1 aromatic heterocycles. The molecule has 0 aliphatic heterocycles. The van der Waals surface area contributed by atoms with E-state index < -0.39 is 4.92 Å². The minimum atomic E-state index is -0.485. The fourth-order valence-corrected chi connectivity index (χ4v) is 3.13. The maximum Gasteiger partial charge on any atom is 0.235 e. The monoisotopic (exact) mass is 388 g/mol. The van der Waals surface area contributed by atoms with Gasteiger partial charge < -0.3 is 5.32 Å². The number of aromatic nitrogens is 2. The molecule has 0 radical (unpaired) electrons. The Kier molecular flexibility index (Phi) is 5.20. The maximum atomic E-state index is 12.3. The minimum Gasteiger partial charge on any atom is -0.309 e. The second-order valence-corrected chi connectivity index (χ2v) is 7.13. The number of benzene rings is 2. The summed E-state index contributed by atoms with van der Waals surface area (Å²) in [5.74, 6) is 1.03. The van der Waals surface area contributed by atoms with Crippen molar-refractivity contribution in [1.29, 1.82) is 0 Å². The predicted molar refractivity (Wildman–Crippen MR) is 111 cm³/mol. The van der Waals surface area contributed by atoms with Crippen LogP contribution in [0.5, 0.6) is 0 Å². The molecular weight excluding hydrogens is 368 g/mol. The van der Waals surface area contributed by atoms with E-state index in [4.69, 9.17) is 0 Å². The van der Waals surface area contributed by atoms with Crippen LogP contribution in [0.1, 0.15) is 35.6 Å². The zero-order chi connectivity index (χ0) is 20.2. The van der Waals surface area contributed by atoms with E-state index in [-0.39, 0.29) is 12.3 Å². The topological polar surface area (TPSA) is 101 Å². The highest BCUT2D eigenvalue weighted by molar-refractivity contribution is 5.91. The van der Waals surface area contributed by atoms with Crippen LogP contribution in [0.15, 0.2) is 60.8 Å². The highest BCUT2D eigenvalue weighted by Gasteiger charge is 2.25. The maximum absolute atomic E-state index is 12.3. The van der Waals surface area contributed by atoms with Gasteiger partial charge in [0, 0.05) is 23.8 Å². The third-order valence-corrected chi connectivity index (χ3v) is 4.83. The third kappa shape index (κ3) is 4.95. The quantitative estimate of drug-likeness (QED) is 0.463.